The molecule has 1 fully saturated rings. The van der Waals surface area contributed by atoms with E-state index >= 15 is 0 Å². The highest BCUT2D eigenvalue weighted by Crippen LogP contribution is 2.38. The molecule has 2 aromatic carbocycles. The van der Waals surface area contributed by atoms with Crippen LogP contribution in [0.1, 0.15) is 20.8 Å². The molecule has 2 heterocycles. The van der Waals surface area contributed by atoms with E-state index in [0.717, 1.165) is 11.3 Å². The van der Waals surface area contributed by atoms with Crippen LogP contribution in [0.4, 0.5) is 5.69 Å². The summed E-state index contributed by atoms with van der Waals surface area (Å²) >= 11 is 13.6. The Balaban J connectivity index is 1.53. The minimum Gasteiger partial charge on any atom is -0.335 e. The van der Waals surface area contributed by atoms with Crippen molar-refractivity contribution in [3.8, 4) is 0 Å². The second kappa shape index (κ2) is 8.84. The summed E-state index contributed by atoms with van der Waals surface area (Å²) in [6, 6.07) is 7.48. The van der Waals surface area contributed by atoms with Gasteiger partial charge < -0.3 is 4.90 Å². The molecule has 1 amide bonds. The molecular formula is C21H19Cl2N3O5S2. The second-order valence-corrected chi connectivity index (χ2v) is 11.5. The highest BCUT2D eigenvalue weighted by atomic mass is 35.5. The van der Waals surface area contributed by atoms with Gasteiger partial charge in [-0.05, 0) is 43.2 Å². The average molecular weight is 528 g/mol. The van der Waals surface area contributed by atoms with Crippen LogP contribution in [0.15, 0.2) is 35.2 Å². The standard InChI is InChI=1S/C21H19Cl2N3O5S2/c1-12-10-18(13(2)9-16(12)22)33(30,31)25-7-5-24(6-8-25)21(27)20-19(23)15-4-3-14(26(28)29)11-17(15)32-20/h3-4,9-11H,5-8H2,1-2H3. The second-order valence-electron chi connectivity index (χ2n) is 7.75. The maximum absolute atomic E-state index is 13.2. The van der Waals surface area contributed by atoms with Crippen molar-refractivity contribution >= 4 is 66.2 Å². The lowest BCUT2D eigenvalue weighted by Crippen LogP contribution is -2.50. The molecule has 33 heavy (non-hydrogen) atoms. The molecular weight excluding hydrogens is 509 g/mol. The minimum absolute atomic E-state index is 0.0778. The molecule has 12 heteroatoms. The number of thiophene rings is 1. The first-order valence-corrected chi connectivity index (χ1v) is 12.9. The Hall–Kier alpha value is -2.24. The normalized spacial score (nSPS) is 15.2. The predicted octanol–water partition coefficient (Wildman–Crippen LogP) is 4.88. The van der Waals surface area contributed by atoms with E-state index in [1.807, 2.05) is 0 Å². The fraction of sp³-hybridized carbons (Fsp3) is 0.286. The van der Waals surface area contributed by atoms with Gasteiger partial charge in [0.25, 0.3) is 11.6 Å². The zero-order chi connectivity index (χ0) is 24.1. The number of rotatable bonds is 4. The number of piperazine rings is 1. The number of amides is 1. The number of hydrogen-bond acceptors (Lipinski definition) is 6. The predicted molar refractivity (Wildman–Crippen MR) is 129 cm³/mol. The van der Waals surface area contributed by atoms with Gasteiger partial charge in [0.1, 0.15) is 4.88 Å². The van der Waals surface area contributed by atoms with Gasteiger partial charge in [-0.1, -0.05) is 23.2 Å². The Morgan fingerprint density at radius 2 is 1.73 bits per heavy atom. The molecule has 4 rings (SSSR count). The van der Waals surface area contributed by atoms with Crippen LogP contribution in [-0.4, -0.2) is 54.6 Å². The average Bonchev–Trinajstić information content (AvgIpc) is 3.11. The summed E-state index contributed by atoms with van der Waals surface area (Å²) < 4.78 is 28.3. The van der Waals surface area contributed by atoms with Crippen molar-refractivity contribution in [2.75, 3.05) is 26.2 Å². The number of nitro benzene ring substituents is 1. The van der Waals surface area contributed by atoms with Crippen LogP contribution >= 0.6 is 34.5 Å². The van der Waals surface area contributed by atoms with Crippen LogP contribution in [-0.2, 0) is 10.0 Å². The molecule has 0 aliphatic carbocycles. The van der Waals surface area contributed by atoms with Gasteiger partial charge in [0.05, 0.1) is 14.8 Å². The monoisotopic (exact) mass is 527 g/mol. The van der Waals surface area contributed by atoms with Crippen LogP contribution in [0.5, 0.6) is 0 Å². The first-order valence-electron chi connectivity index (χ1n) is 9.93. The number of halogens is 2. The van der Waals surface area contributed by atoms with Crippen molar-refractivity contribution < 1.29 is 18.1 Å². The number of nitro groups is 1. The maximum Gasteiger partial charge on any atom is 0.270 e. The van der Waals surface area contributed by atoms with E-state index in [0.29, 0.717) is 26.2 Å². The van der Waals surface area contributed by atoms with Crippen molar-refractivity contribution in [1.82, 2.24) is 9.21 Å². The summed E-state index contributed by atoms with van der Waals surface area (Å²) in [7, 11) is -3.74. The zero-order valence-corrected chi connectivity index (χ0v) is 20.8. The van der Waals surface area contributed by atoms with Crippen LogP contribution in [0.3, 0.4) is 0 Å². The summed E-state index contributed by atoms with van der Waals surface area (Å²) in [4.78, 5) is 25.7. The molecule has 1 aromatic heterocycles. The van der Waals surface area contributed by atoms with E-state index in [4.69, 9.17) is 23.2 Å². The minimum atomic E-state index is -3.74. The summed E-state index contributed by atoms with van der Waals surface area (Å²) in [6.45, 7) is 4.14. The molecule has 1 aliphatic rings. The van der Waals surface area contributed by atoms with Gasteiger partial charge in [-0.3, -0.25) is 14.9 Å². The molecule has 1 aliphatic heterocycles. The molecule has 0 spiro atoms. The van der Waals surface area contributed by atoms with Crippen LogP contribution in [0.2, 0.25) is 10.0 Å². The van der Waals surface area contributed by atoms with Crippen molar-refractivity contribution in [1.29, 1.82) is 0 Å². The van der Waals surface area contributed by atoms with Crippen LogP contribution in [0, 0.1) is 24.0 Å². The van der Waals surface area contributed by atoms with E-state index in [9.17, 15) is 23.3 Å². The summed E-state index contributed by atoms with van der Waals surface area (Å²) in [5.74, 6) is -0.320. The van der Waals surface area contributed by atoms with Gasteiger partial charge in [-0.2, -0.15) is 4.31 Å². The van der Waals surface area contributed by atoms with Crippen molar-refractivity contribution in [2.45, 2.75) is 18.7 Å². The third kappa shape index (κ3) is 4.33. The smallest absolute Gasteiger partial charge is 0.270 e. The number of carbonyl (C=O) groups is 1. The molecule has 0 atom stereocenters. The summed E-state index contributed by atoms with van der Waals surface area (Å²) in [6.07, 6.45) is 0. The number of aryl methyl sites for hydroxylation is 2. The number of hydrogen-bond donors (Lipinski definition) is 0. The fourth-order valence-electron chi connectivity index (χ4n) is 3.75. The van der Waals surface area contributed by atoms with Gasteiger partial charge in [0.2, 0.25) is 10.0 Å². The number of carbonyl (C=O) groups excluding carboxylic acids is 1. The first-order chi connectivity index (χ1) is 15.5. The lowest BCUT2D eigenvalue weighted by atomic mass is 10.2. The lowest BCUT2D eigenvalue weighted by Gasteiger charge is -2.34. The molecule has 3 aromatic rings. The van der Waals surface area contributed by atoms with E-state index < -0.39 is 14.9 Å². The Morgan fingerprint density at radius 1 is 1.06 bits per heavy atom. The van der Waals surface area contributed by atoms with Gasteiger partial charge in [0, 0.05) is 53.4 Å². The molecule has 0 bridgehead atoms. The number of non-ortho nitro benzene ring substituents is 1. The molecule has 0 saturated carbocycles. The third-order valence-corrected chi connectivity index (χ3v) is 9.71. The fourth-order valence-corrected chi connectivity index (χ4v) is 7.20. The SMILES string of the molecule is Cc1cc(S(=O)(=O)N2CCN(C(=O)c3sc4cc([N+](=O)[O-])ccc4c3Cl)CC2)c(C)cc1Cl. The summed E-state index contributed by atoms with van der Waals surface area (Å²) in [5.41, 5.74) is 1.16. The highest BCUT2D eigenvalue weighted by molar-refractivity contribution is 7.89. The van der Waals surface area contributed by atoms with E-state index in [2.05, 4.69) is 0 Å². The molecule has 174 valence electrons. The highest BCUT2D eigenvalue weighted by Gasteiger charge is 2.33. The lowest BCUT2D eigenvalue weighted by molar-refractivity contribution is -0.384. The Labute approximate surface area is 204 Å². The van der Waals surface area contributed by atoms with E-state index in [1.165, 1.54) is 22.5 Å². The van der Waals surface area contributed by atoms with E-state index in [-0.39, 0.29) is 52.6 Å². The van der Waals surface area contributed by atoms with Crippen LogP contribution < -0.4 is 0 Å². The van der Waals surface area contributed by atoms with E-state index in [1.54, 1.807) is 30.9 Å². The number of benzene rings is 2. The van der Waals surface area contributed by atoms with Crippen LogP contribution in [0.25, 0.3) is 10.1 Å². The topological polar surface area (TPSA) is 101 Å². The Bertz CT molecular complexity index is 1400. The van der Waals surface area contributed by atoms with Crippen molar-refractivity contribution in [3.05, 3.63) is 66.5 Å². The summed E-state index contributed by atoms with van der Waals surface area (Å²) in [5, 5.41) is 12.4. The number of fused-ring (bicyclic) bond motifs is 1. The van der Waals surface area contributed by atoms with Gasteiger partial charge in [0.15, 0.2) is 0 Å². The molecule has 0 unspecified atom stereocenters. The first kappa shape index (κ1) is 23.9. The molecule has 1 saturated heterocycles. The molecule has 0 N–H and O–H groups in total. The largest absolute Gasteiger partial charge is 0.335 e. The third-order valence-electron chi connectivity index (χ3n) is 5.62. The zero-order valence-electron chi connectivity index (χ0n) is 17.7. The van der Waals surface area contributed by atoms with Gasteiger partial charge >= 0.3 is 0 Å². The van der Waals surface area contributed by atoms with Gasteiger partial charge in [-0.25, -0.2) is 8.42 Å². The number of sulfonamides is 1. The Kier molecular flexibility index (Phi) is 6.41. The van der Waals surface area contributed by atoms with Crippen molar-refractivity contribution in [3.63, 3.8) is 0 Å². The van der Waals surface area contributed by atoms with Crippen molar-refractivity contribution in [2.24, 2.45) is 0 Å². The molecule has 8 nitrogen and oxygen atoms in total. The quantitative estimate of drug-likeness (QED) is 0.355. The number of nitrogens with zero attached hydrogens (tertiary/aromatic N) is 3. The maximum atomic E-state index is 13.2. The van der Waals surface area contributed by atoms with Gasteiger partial charge in [-0.15, -0.1) is 11.3 Å². The Morgan fingerprint density at radius 3 is 2.36 bits per heavy atom. The molecule has 0 radical (unpaired) electrons.